The Hall–Kier alpha value is 1.07. The van der Waals surface area contributed by atoms with Crippen molar-refractivity contribution >= 4 is 6.41 Å². The Morgan fingerprint density at radius 2 is 1.94 bits per heavy atom. The van der Waals surface area contributed by atoms with Gasteiger partial charge in [0.1, 0.15) is 0 Å². The number of ether oxygens (including phenoxy) is 1. The molecule has 0 unspecified atom stereocenters. The molecule has 0 saturated carbocycles. The van der Waals surface area contributed by atoms with Crippen LogP contribution >= 0.6 is 0 Å². The first-order chi connectivity index (χ1) is 7.22. The van der Waals surface area contributed by atoms with E-state index in [0.29, 0.717) is 6.10 Å². The predicted molar refractivity (Wildman–Crippen MR) is 67.1 cm³/mol. The Balaban J connectivity index is 0. The predicted octanol–water partition coefficient (Wildman–Crippen LogP) is -0.486. The van der Waals surface area contributed by atoms with Crippen LogP contribution in [0.2, 0.25) is 0 Å². The first-order valence-corrected chi connectivity index (χ1v) is 6.03. The maximum absolute atomic E-state index is 10.5. The molecule has 0 aromatic heterocycles. The topological polar surface area (TPSA) is 29.5 Å². The largest absolute Gasteiger partial charge is 1.00 e. The molecule has 0 aromatic rings. The van der Waals surface area contributed by atoms with Crippen molar-refractivity contribution < 1.29 is 60.9 Å². The molecule has 3 nitrogen and oxygen atoms in total. The standard InChI is InChI=1S/C12H23NO2.CH3.K/c1-11(2)4-3-9-15-12-5-7-13(10-14)8-6-12;;/h10-12H,3-9H2,1-2H3;1H3;/q;-1;+1. The average Bonchev–Trinajstić information content (AvgIpc) is 2.25. The van der Waals surface area contributed by atoms with Gasteiger partial charge < -0.3 is 17.1 Å². The zero-order valence-electron chi connectivity index (χ0n) is 11.9. The SMILES string of the molecule is CC(C)CCCOC1CCN(C=O)CC1.[CH3-].[K+]. The fourth-order valence-electron chi connectivity index (χ4n) is 1.89. The summed E-state index contributed by atoms with van der Waals surface area (Å²) in [4.78, 5) is 12.3. The van der Waals surface area contributed by atoms with Gasteiger partial charge in [0, 0.05) is 19.7 Å². The van der Waals surface area contributed by atoms with E-state index in [4.69, 9.17) is 4.74 Å². The fourth-order valence-corrected chi connectivity index (χ4v) is 1.89. The molecule has 96 valence electrons. The van der Waals surface area contributed by atoms with E-state index in [9.17, 15) is 4.79 Å². The van der Waals surface area contributed by atoms with Crippen molar-refractivity contribution in [1.82, 2.24) is 4.90 Å². The zero-order valence-corrected chi connectivity index (χ0v) is 15.1. The Kier molecular flexibility index (Phi) is 14.5. The van der Waals surface area contributed by atoms with Gasteiger partial charge in [-0.05, 0) is 31.6 Å². The Bertz CT molecular complexity index is 180. The molecule has 1 rings (SSSR count). The summed E-state index contributed by atoms with van der Waals surface area (Å²) in [5.41, 5.74) is 0. The molecule has 1 heterocycles. The van der Waals surface area contributed by atoms with E-state index >= 15 is 0 Å². The molecule has 17 heavy (non-hydrogen) atoms. The Labute approximate surface area is 149 Å². The van der Waals surface area contributed by atoms with Crippen molar-refractivity contribution in [3.05, 3.63) is 7.43 Å². The first-order valence-electron chi connectivity index (χ1n) is 6.03. The summed E-state index contributed by atoms with van der Waals surface area (Å²) < 4.78 is 5.78. The third kappa shape index (κ3) is 9.62. The van der Waals surface area contributed by atoms with Crippen LogP contribution in [0.25, 0.3) is 0 Å². The van der Waals surface area contributed by atoms with Crippen LogP contribution in [0, 0.1) is 13.3 Å². The third-order valence-corrected chi connectivity index (χ3v) is 2.91. The van der Waals surface area contributed by atoms with Crippen molar-refractivity contribution in [3.63, 3.8) is 0 Å². The van der Waals surface area contributed by atoms with E-state index in [1.165, 1.54) is 6.42 Å². The van der Waals surface area contributed by atoms with Crippen LogP contribution < -0.4 is 51.4 Å². The van der Waals surface area contributed by atoms with Gasteiger partial charge in [-0.3, -0.25) is 4.79 Å². The second kappa shape index (κ2) is 12.1. The number of amides is 1. The second-order valence-electron chi connectivity index (χ2n) is 4.75. The minimum atomic E-state index is 0. The number of nitrogens with zero attached hydrogens (tertiary/aromatic N) is 1. The smallest absolute Gasteiger partial charge is 0.378 e. The van der Waals surface area contributed by atoms with Gasteiger partial charge in [0.2, 0.25) is 6.41 Å². The number of likely N-dealkylation sites (tertiary alicyclic amines) is 1. The van der Waals surface area contributed by atoms with E-state index in [-0.39, 0.29) is 58.8 Å². The van der Waals surface area contributed by atoms with E-state index < -0.39 is 0 Å². The molecule has 0 radical (unpaired) electrons. The average molecular weight is 267 g/mol. The van der Waals surface area contributed by atoms with Gasteiger partial charge in [0.25, 0.3) is 0 Å². The summed E-state index contributed by atoms with van der Waals surface area (Å²) >= 11 is 0. The molecule has 1 amide bonds. The molecule has 1 saturated heterocycles. The summed E-state index contributed by atoms with van der Waals surface area (Å²) in [5.74, 6) is 0.769. The molecule has 0 N–H and O–H groups in total. The van der Waals surface area contributed by atoms with Gasteiger partial charge >= 0.3 is 51.4 Å². The minimum absolute atomic E-state index is 0. The van der Waals surface area contributed by atoms with Gasteiger partial charge in [0.15, 0.2) is 0 Å². The number of carbonyl (C=O) groups excluding carboxylic acids is 1. The summed E-state index contributed by atoms with van der Waals surface area (Å²) in [7, 11) is 0. The maximum atomic E-state index is 10.5. The van der Waals surface area contributed by atoms with Crippen molar-refractivity contribution in [2.24, 2.45) is 5.92 Å². The quantitative estimate of drug-likeness (QED) is 0.281. The van der Waals surface area contributed by atoms with E-state index in [1.54, 1.807) is 0 Å². The van der Waals surface area contributed by atoms with E-state index in [2.05, 4.69) is 13.8 Å². The molecular weight excluding hydrogens is 241 g/mol. The summed E-state index contributed by atoms with van der Waals surface area (Å²) in [6, 6.07) is 0. The van der Waals surface area contributed by atoms with Crippen molar-refractivity contribution in [2.45, 2.75) is 45.6 Å². The fraction of sp³-hybridized carbons (Fsp3) is 0.846. The van der Waals surface area contributed by atoms with Crippen LogP contribution in [0.5, 0.6) is 0 Å². The second-order valence-corrected chi connectivity index (χ2v) is 4.75. The Morgan fingerprint density at radius 3 is 2.41 bits per heavy atom. The molecule has 1 aliphatic heterocycles. The van der Waals surface area contributed by atoms with Crippen LogP contribution in [0.15, 0.2) is 0 Å². The van der Waals surface area contributed by atoms with Gasteiger partial charge in [-0.15, -0.1) is 0 Å². The third-order valence-electron chi connectivity index (χ3n) is 2.91. The van der Waals surface area contributed by atoms with Gasteiger partial charge in [-0.25, -0.2) is 0 Å². The number of carbonyl (C=O) groups is 1. The zero-order chi connectivity index (χ0) is 11.1. The van der Waals surface area contributed by atoms with Gasteiger partial charge in [0.05, 0.1) is 6.10 Å². The first kappa shape index (κ1) is 20.4. The molecule has 0 aliphatic carbocycles. The molecule has 0 bridgehead atoms. The van der Waals surface area contributed by atoms with Crippen LogP contribution in [0.4, 0.5) is 0 Å². The number of rotatable bonds is 6. The van der Waals surface area contributed by atoms with Crippen molar-refractivity contribution in [2.75, 3.05) is 19.7 Å². The molecule has 0 spiro atoms. The van der Waals surface area contributed by atoms with Crippen molar-refractivity contribution in [1.29, 1.82) is 0 Å². The van der Waals surface area contributed by atoms with E-state index in [1.807, 2.05) is 4.90 Å². The van der Waals surface area contributed by atoms with Gasteiger partial charge in [-0.2, -0.15) is 0 Å². The minimum Gasteiger partial charge on any atom is -0.378 e. The summed E-state index contributed by atoms with van der Waals surface area (Å²) in [6.07, 6.45) is 5.72. The molecule has 1 fully saturated rings. The summed E-state index contributed by atoms with van der Waals surface area (Å²) in [5, 5.41) is 0. The monoisotopic (exact) mass is 267 g/mol. The Morgan fingerprint density at radius 1 is 1.35 bits per heavy atom. The van der Waals surface area contributed by atoms with Crippen LogP contribution in [-0.4, -0.2) is 37.1 Å². The maximum Gasteiger partial charge on any atom is 1.00 e. The van der Waals surface area contributed by atoms with Crippen LogP contribution in [0.3, 0.4) is 0 Å². The van der Waals surface area contributed by atoms with E-state index in [0.717, 1.165) is 51.3 Å². The number of piperidine rings is 1. The molecule has 1 aliphatic rings. The molecule has 0 aromatic carbocycles. The molecule has 0 atom stereocenters. The van der Waals surface area contributed by atoms with Crippen LogP contribution in [-0.2, 0) is 9.53 Å². The molecule has 4 heteroatoms. The van der Waals surface area contributed by atoms with Crippen molar-refractivity contribution in [3.8, 4) is 0 Å². The van der Waals surface area contributed by atoms with Crippen LogP contribution in [0.1, 0.15) is 39.5 Å². The normalized spacial score (nSPS) is 16.3. The number of hydrogen-bond donors (Lipinski definition) is 0. The summed E-state index contributed by atoms with van der Waals surface area (Å²) in [6.45, 7) is 7.08. The van der Waals surface area contributed by atoms with Gasteiger partial charge in [-0.1, -0.05) is 13.8 Å². The number of hydrogen-bond acceptors (Lipinski definition) is 2. The molecular formula is C13H26KNO2.